The van der Waals surface area contributed by atoms with E-state index in [9.17, 15) is 0 Å². The molecule has 0 saturated heterocycles. The van der Waals surface area contributed by atoms with Gasteiger partial charge >= 0.3 is 0 Å². The summed E-state index contributed by atoms with van der Waals surface area (Å²) < 4.78 is 5.67. The van der Waals surface area contributed by atoms with Gasteiger partial charge in [0.1, 0.15) is 0 Å². The molecule has 0 bridgehead atoms. The largest absolute Gasteiger partial charge is 0.378 e. The Labute approximate surface area is 94.8 Å². The normalized spacial score (nSPS) is 21.0. The molecular weight excluding hydrogens is 186 g/mol. The maximum absolute atomic E-state index is 5.67. The van der Waals surface area contributed by atoms with Crippen molar-refractivity contribution in [1.29, 1.82) is 0 Å². The van der Waals surface area contributed by atoms with Gasteiger partial charge in [-0.3, -0.25) is 0 Å². The number of ether oxygens (including phenoxy) is 1. The highest BCUT2D eigenvalue weighted by atomic mass is 16.5. The monoisotopic (exact) mass is 213 g/mol. The van der Waals surface area contributed by atoms with Crippen LogP contribution in [0.15, 0.2) is 0 Å². The van der Waals surface area contributed by atoms with Crippen LogP contribution in [0, 0.1) is 0 Å². The quantitative estimate of drug-likeness (QED) is 0.626. The van der Waals surface area contributed by atoms with Gasteiger partial charge in [-0.2, -0.15) is 0 Å². The van der Waals surface area contributed by atoms with Crippen molar-refractivity contribution in [3.63, 3.8) is 0 Å². The van der Waals surface area contributed by atoms with Crippen molar-refractivity contribution in [3.05, 3.63) is 0 Å². The third-order valence-electron chi connectivity index (χ3n) is 3.88. The summed E-state index contributed by atoms with van der Waals surface area (Å²) in [6.45, 7) is 2.26. The first-order valence-corrected chi connectivity index (χ1v) is 6.49. The molecule has 0 aromatic carbocycles. The van der Waals surface area contributed by atoms with Crippen LogP contribution >= 0.6 is 0 Å². The van der Waals surface area contributed by atoms with E-state index in [1.165, 1.54) is 51.4 Å². The molecular formula is C13H27NO. The van der Waals surface area contributed by atoms with Crippen LogP contribution in [0.4, 0.5) is 0 Å². The average Bonchev–Trinajstić information content (AvgIpc) is 2.21. The van der Waals surface area contributed by atoms with Crippen LogP contribution in [0.3, 0.4) is 0 Å². The third-order valence-corrected chi connectivity index (χ3v) is 3.88. The molecule has 1 aliphatic carbocycles. The fourth-order valence-electron chi connectivity index (χ4n) is 2.50. The van der Waals surface area contributed by atoms with Gasteiger partial charge in [-0.15, -0.1) is 0 Å². The minimum atomic E-state index is 0.222. The van der Waals surface area contributed by atoms with E-state index in [1.807, 2.05) is 7.11 Å². The first kappa shape index (κ1) is 13.0. The lowest BCUT2D eigenvalue weighted by atomic mass is 9.75. The van der Waals surface area contributed by atoms with Crippen molar-refractivity contribution in [2.75, 3.05) is 14.2 Å². The van der Waals surface area contributed by atoms with Gasteiger partial charge in [0.05, 0.1) is 5.60 Å². The Morgan fingerprint density at radius 2 is 2.07 bits per heavy atom. The van der Waals surface area contributed by atoms with Crippen molar-refractivity contribution >= 4 is 0 Å². The summed E-state index contributed by atoms with van der Waals surface area (Å²) in [5.74, 6) is 0. The highest BCUT2D eigenvalue weighted by Gasteiger charge is 2.38. The van der Waals surface area contributed by atoms with Crippen molar-refractivity contribution in [3.8, 4) is 0 Å². The van der Waals surface area contributed by atoms with Gasteiger partial charge in [-0.05, 0) is 39.2 Å². The highest BCUT2D eigenvalue weighted by Crippen LogP contribution is 2.39. The summed E-state index contributed by atoms with van der Waals surface area (Å²) in [4.78, 5) is 0. The summed E-state index contributed by atoms with van der Waals surface area (Å²) in [5.41, 5.74) is 0.222. The first-order chi connectivity index (χ1) is 7.26. The van der Waals surface area contributed by atoms with Crippen LogP contribution in [-0.4, -0.2) is 25.8 Å². The Hall–Kier alpha value is -0.0800. The lowest BCUT2D eigenvalue weighted by Gasteiger charge is -2.42. The zero-order valence-electron chi connectivity index (χ0n) is 10.6. The van der Waals surface area contributed by atoms with E-state index in [4.69, 9.17) is 4.74 Å². The van der Waals surface area contributed by atoms with Gasteiger partial charge in [0.25, 0.3) is 0 Å². The van der Waals surface area contributed by atoms with Crippen molar-refractivity contribution in [2.45, 2.75) is 69.9 Å². The van der Waals surface area contributed by atoms with E-state index in [-0.39, 0.29) is 5.60 Å². The number of unbranched alkanes of at least 4 members (excludes halogenated alkanes) is 2. The van der Waals surface area contributed by atoms with Gasteiger partial charge in [0.15, 0.2) is 0 Å². The van der Waals surface area contributed by atoms with E-state index in [0.29, 0.717) is 6.04 Å². The molecule has 1 rings (SSSR count). The lowest BCUT2D eigenvalue weighted by Crippen LogP contribution is -2.45. The molecule has 1 atom stereocenters. The van der Waals surface area contributed by atoms with Gasteiger partial charge in [0.2, 0.25) is 0 Å². The molecule has 15 heavy (non-hydrogen) atoms. The molecule has 2 heteroatoms. The molecule has 1 fully saturated rings. The second kappa shape index (κ2) is 6.49. The zero-order chi connectivity index (χ0) is 11.1. The number of hydrogen-bond donors (Lipinski definition) is 1. The molecule has 1 unspecified atom stereocenters. The van der Waals surface area contributed by atoms with E-state index >= 15 is 0 Å². The predicted molar refractivity (Wildman–Crippen MR) is 65.2 cm³/mol. The first-order valence-electron chi connectivity index (χ1n) is 6.49. The predicted octanol–water partition coefficient (Wildman–Crippen LogP) is 3.11. The summed E-state index contributed by atoms with van der Waals surface area (Å²) in [6.07, 6.45) is 10.4. The molecule has 0 heterocycles. The van der Waals surface area contributed by atoms with Crippen molar-refractivity contribution < 1.29 is 4.74 Å². The minimum Gasteiger partial charge on any atom is -0.378 e. The summed E-state index contributed by atoms with van der Waals surface area (Å²) in [7, 11) is 3.95. The Balaban J connectivity index is 2.25. The zero-order valence-corrected chi connectivity index (χ0v) is 10.6. The summed E-state index contributed by atoms with van der Waals surface area (Å²) >= 11 is 0. The third kappa shape index (κ3) is 3.76. The molecule has 0 spiro atoms. The van der Waals surface area contributed by atoms with E-state index in [2.05, 4.69) is 19.3 Å². The number of hydrogen-bond acceptors (Lipinski definition) is 2. The van der Waals surface area contributed by atoms with Gasteiger partial charge in [0, 0.05) is 13.2 Å². The Bertz CT molecular complexity index is 160. The smallest absolute Gasteiger partial charge is 0.0693 e. The van der Waals surface area contributed by atoms with E-state index in [0.717, 1.165) is 0 Å². The Morgan fingerprint density at radius 3 is 2.47 bits per heavy atom. The molecule has 1 aliphatic rings. The molecule has 0 amide bonds. The van der Waals surface area contributed by atoms with Gasteiger partial charge < -0.3 is 10.1 Å². The van der Waals surface area contributed by atoms with Gasteiger partial charge in [-0.1, -0.05) is 26.2 Å². The van der Waals surface area contributed by atoms with Crippen LogP contribution in [0.2, 0.25) is 0 Å². The molecule has 0 radical (unpaired) electrons. The molecule has 90 valence electrons. The molecule has 1 N–H and O–H groups in total. The van der Waals surface area contributed by atoms with E-state index in [1.54, 1.807) is 0 Å². The number of methoxy groups -OCH3 is 1. The van der Waals surface area contributed by atoms with Crippen LogP contribution in [0.5, 0.6) is 0 Å². The molecule has 0 aromatic rings. The summed E-state index contributed by atoms with van der Waals surface area (Å²) in [6, 6.07) is 0.650. The SMILES string of the molecule is CCCCCC(CC1(OC)CCC1)NC. The Morgan fingerprint density at radius 1 is 1.33 bits per heavy atom. The second-order valence-electron chi connectivity index (χ2n) is 4.93. The maximum atomic E-state index is 5.67. The summed E-state index contributed by atoms with van der Waals surface area (Å²) in [5, 5.41) is 3.44. The highest BCUT2D eigenvalue weighted by molar-refractivity contribution is 4.92. The number of rotatable bonds is 8. The fraction of sp³-hybridized carbons (Fsp3) is 1.00. The molecule has 2 nitrogen and oxygen atoms in total. The second-order valence-corrected chi connectivity index (χ2v) is 4.93. The van der Waals surface area contributed by atoms with Crippen LogP contribution in [0.1, 0.15) is 58.3 Å². The average molecular weight is 213 g/mol. The standard InChI is InChI=1S/C13H27NO/c1-4-5-6-8-12(14-2)11-13(15-3)9-7-10-13/h12,14H,4-11H2,1-3H3. The lowest BCUT2D eigenvalue weighted by molar-refractivity contribution is -0.0836. The van der Waals surface area contributed by atoms with Crippen molar-refractivity contribution in [1.82, 2.24) is 5.32 Å². The topological polar surface area (TPSA) is 21.3 Å². The number of nitrogens with one attached hydrogen (secondary N) is 1. The minimum absolute atomic E-state index is 0.222. The van der Waals surface area contributed by atoms with Crippen LogP contribution < -0.4 is 5.32 Å². The maximum Gasteiger partial charge on any atom is 0.0693 e. The fourth-order valence-corrected chi connectivity index (χ4v) is 2.50. The van der Waals surface area contributed by atoms with Crippen LogP contribution in [-0.2, 0) is 4.74 Å². The molecule has 1 saturated carbocycles. The molecule has 0 aromatic heterocycles. The Kier molecular flexibility index (Phi) is 5.62. The van der Waals surface area contributed by atoms with E-state index < -0.39 is 0 Å². The van der Waals surface area contributed by atoms with Gasteiger partial charge in [-0.25, -0.2) is 0 Å². The van der Waals surface area contributed by atoms with Crippen molar-refractivity contribution in [2.24, 2.45) is 0 Å². The molecule has 0 aliphatic heterocycles. The van der Waals surface area contributed by atoms with Crippen LogP contribution in [0.25, 0.3) is 0 Å².